The first-order chi connectivity index (χ1) is 5.57. The van der Waals surface area contributed by atoms with Crippen LogP contribution in [0.4, 0.5) is 5.69 Å². The van der Waals surface area contributed by atoms with E-state index in [-0.39, 0.29) is 42.9 Å². The third kappa shape index (κ3) is 2.64. The van der Waals surface area contributed by atoms with E-state index in [1.807, 2.05) is 0 Å². The first kappa shape index (κ1) is 15.7. The van der Waals surface area contributed by atoms with E-state index in [0.29, 0.717) is 17.0 Å². The van der Waals surface area contributed by atoms with Crippen LogP contribution in [0.15, 0.2) is 0 Å². The van der Waals surface area contributed by atoms with Gasteiger partial charge in [0.2, 0.25) is 0 Å². The van der Waals surface area contributed by atoms with Gasteiger partial charge < -0.3 is 15.9 Å². The molecule has 0 fully saturated rings. The zero-order valence-electron chi connectivity index (χ0n) is 7.94. The minimum Gasteiger partial charge on any atom is -0.504 e. The number of anilines is 1. The molecular formula is C8H14Cl2N2O2. The highest BCUT2D eigenvalue weighted by molar-refractivity contribution is 5.85. The number of aryl methyl sites for hydroxylation is 2. The van der Waals surface area contributed by atoms with Crippen molar-refractivity contribution in [2.75, 3.05) is 5.73 Å². The number of hydrogen-bond donors (Lipinski definition) is 3. The molecule has 0 radical (unpaired) electrons. The van der Waals surface area contributed by atoms with Gasteiger partial charge >= 0.3 is 0 Å². The number of hydrogen-bond acceptors (Lipinski definition) is 4. The number of nitrogens with zero attached hydrogens (tertiary/aromatic N) is 1. The Bertz CT molecular complexity index is 319. The Morgan fingerprint density at radius 3 is 2.14 bits per heavy atom. The summed E-state index contributed by atoms with van der Waals surface area (Å²) in [5.41, 5.74) is 7.41. The average molecular weight is 241 g/mol. The number of nitrogens with two attached hydrogens (primary N) is 1. The van der Waals surface area contributed by atoms with Crippen LogP contribution in [-0.4, -0.2) is 15.2 Å². The van der Waals surface area contributed by atoms with Crippen LogP contribution >= 0.6 is 24.8 Å². The fourth-order valence-corrected chi connectivity index (χ4v) is 1.10. The van der Waals surface area contributed by atoms with Crippen LogP contribution in [0.2, 0.25) is 0 Å². The molecule has 82 valence electrons. The summed E-state index contributed by atoms with van der Waals surface area (Å²) >= 11 is 0. The Kier molecular flexibility index (Phi) is 6.64. The number of aromatic hydroxyl groups is 1. The molecule has 4 nitrogen and oxygen atoms in total. The van der Waals surface area contributed by atoms with Gasteiger partial charge in [-0.3, -0.25) is 4.98 Å². The van der Waals surface area contributed by atoms with Gasteiger partial charge in [0.1, 0.15) is 0 Å². The lowest BCUT2D eigenvalue weighted by atomic mass is 10.1. The Balaban J connectivity index is 0. The summed E-state index contributed by atoms with van der Waals surface area (Å²) in [6.45, 7) is 3.21. The summed E-state index contributed by atoms with van der Waals surface area (Å²) in [5.74, 6) is -0.0374. The third-order valence-corrected chi connectivity index (χ3v) is 1.85. The van der Waals surface area contributed by atoms with Gasteiger partial charge in [-0.2, -0.15) is 0 Å². The lowest BCUT2D eigenvalue weighted by Gasteiger charge is -2.09. The van der Waals surface area contributed by atoms with E-state index in [4.69, 9.17) is 10.8 Å². The van der Waals surface area contributed by atoms with E-state index in [2.05, 4.69) is 4.98 Å². The van der Waals surface area contributed by atoms with E-state index in [9.17, 15) is 5.11 Å². The highest BCUT2D eigenvalue weighted by Gasteiger charge is 2.10. The molecule has 6 heteroatoms. The van der Waals surface area contributed by atoms with E-state index in [1.54, 1.807) is 13.8 Å². The lowest BCUT2D eigenvalue weighted by molar-refractivity contribution is 0.280. The van der Waals surface area contributed by atoms with Crippen LogP contribution in [-0.2, 0) is 6.61 Å². The van der Waals surface area contributed by atoms with Crippen LogP contribution in [0, 0.1) is 13.8 Å². The molecule has 0 saturated carbocycles. The van der Waals surface area contributed by atoms with Crippen molar-refractivity contribution in [3.63, 3.8) is 0 Å². The highest BCUT2D eigenvalue weighted by Crippen LogP contribution is 2.28. The van der Waals surface area contributed by atoms with Crippen molar-refractivity contribution in [1.29, 1.82) is 0 Å². The Hall–Kier alpha value is -0.710. The summed E-state index contributed by atoms with van der Waals surface area (Å²) in [7, 11) is 0. The van der Waals surface area contributed by atoms with Crippen LogP contribution in [0.25, 0.3) is 0 Å². The topological polar surface area (TPSA) is 79.4 Å². The van der Waals surface area contributed by atoms with Crippen molar-refractivity contribution in [2.45, 2.75) is 20.5 Å². The lowest BCUT2D eigenvalue weighted by Crippen LogP contribution is -2.02. The number of nitrogen functional groups attached to an aromatic ring is 1. The molecule has 0 aliphatic rings. The zero-order chi connectivity index (χ0) is 9.30. The second-order valence-corrected chi connectivity index (χ2v) is 2.68. The third-order valence-electron chi connectivity index (χ3n) is 1.85. The summed E-state index contributed by atoms with van der Waals surface area (Å²) in [6.07, 6.45) is 0. The van der Waals surface area contributed by atoms with Gasteiger partial charge in [-0.15, -0.1) is 24.8 Å². The molecule has 0 aliphatic heterocycles. The van der Waals surface area contributed by atoms with Gasteiger partial charge in [-0.1, -0.05) is 0 Å². The van der Waals surface area contributed by atoms with Crippen LogP contribution in [0.3, 0.4) is 0 Å². The first-order valence-corrected chi connectivity index (χ1v) is 3.63. The smallest absolute Gasteiger partial charge is 0.160 e. The first-order valence-electron chi connectivity index (χ1n) is 3.63. The monoisotopic (exact) mass is 240 g/mol. The molecule has 1 heterocycles. The maximum atomic E-state index is 9.34. The Morgan fingerprint density at radius 2 is 1.71 bits per heavy atom. The molecule has 1 rings (SSSR count). The molecule has 1 aromatic heterocycles. The van der Waals surface area contributed by atoms with Crippen molar-refractivity contribution < 1.29 is 10.2 Å². The maximum absolute atomic E-state index is 9.34. The Morgan fingerprint density at radius 1 is 1.21 bits per heavy atom. The predicted molar refractivity (Wildman–Crippen MR) is 60.2 cm³/mol. The summed E-state index contributed by atoms with van der Waals surface area (Å²) in [6, 6.07) is 0. The number of aliphatic hydroxyl groups is 1. The quantitative estimate of drug-likeness (QED) is 0.692. The summed E-state index contributed by atoms with van der Waals surface area (Å²) < 4.78 is 0. The van der Waals surface area contributed by atoms with E-state index in [1.165, 1.54) is 0 Å². The largest absolute Gasteiger partial charge is 0.504 e. The van der Waals surface area contributed by atoms with Crippen LogP contribution in [0.1, 0.15) is 17.0 Å². The highest BCUT2D eigenvalue weighted by atomic mass is 35.5. The molecule has 0 bridgehead atoms. The zero-order valence-corrected chi connectivity index (χ0v) is 9.58. The Labute approximate surface area is 95.0 Å². The minimum atomic E-state index is -0.196. The van der Waals surface area contributed by atoms with Gasteiger partial charge in [0, 0.05) is 11.3 Å². The average Bonchev–Trinajstić information content (AvgIpc) is 2.01. The molecule has 1 aromatic rings. The number of pyridine rings is 1. The van der Waals surface area contributed by atoms with E-state index < -0.39 is 0 Å². The van der Waals surface area contributed by atoms with Gasteiger partial charge in [0.05, 0.1) is 18.0 Å². The van der Waals surface area contributed by atoms with Gasteiger partial charge in [-0.25, -0.2) is 0 Å². The predicted octanol–water partition coefficient (Wildman–Crippen LogP) is 1.32. The summed E-state index contributed by atoms with van der Waals surface area (Å²) in [4.78, 5) is 4.01. The van der Waals surface area contributed by atoms with Gasteiger partial charge in [0.15, 0.2) is 5.75 Å². The van der Waals surface area contributed by atoms with E-state index in [0.717, 1.165) is 0 Å². The normalized spacial score (nSPS) is 8.79. The molecule has 4 N–H and O–H groups in total. The number of aromatic nitrogens is 1. The second kappa shape index (κ2) is 5.90. The van der Waals surface area contributed by atoms with Crippen LogP contribution < -0.4 is 5.73 Å². The van der Waals surface area contributed by atoms with Crippen molar-refractivity contribution >= 4 is 30.5 Å². The van der Waals surface area contributed by atoms with Crippen molar-refractivity contribution in [1.82, 2.24) is 4.98 Å². The van der Waals surface area contributed by atoms with Gasteiger partial charge in [-0.05, 0) is 13.8 Å². The maximum Gasteiger partial charge on any atom is 0.160 e. The van der Waals surface area contributed by atoms with Crippen molar-refractivity contribution in [3.8, 4) is 5.75 Å². The minimum absolute atomic E-state index is 0. The fourth-order valence-electron chi connectivity index (χ4n) is 1.10. The molecule has 0 saturated heterocycles. The fraction of sp³-hybridized carbons (Fsp3) is 0.375. The van der Waals surface area contributed by atoms with Crippen molar-refractivity contribution in [3.05, 3.63) is 17.0 Å². The number of halogens is 2. The molecule has 0 amide bonds. The molecule has 0 atom stereocenters. The second-order valence-electron chi connectivity index (χ2n) is 2.68. The standard InChI is InChI=1S/C8H12N2O2.2ClH/c1-4-6(3-11)7(9)8(12)5(2)10-4;;/h11-12H,3H2,1-2H3,(H2,9,10);2*1H. The van der Waals surface area contributed by atoms with Crippen molar-refractivity contribution in [2.24, 2.45) is 0 Å². The SMILES string of the molecule is Cc1nc(C)c(CO)c(N)c1O.Cl.Cl. The molecule has 0 unspecified atom stereocenters. The molecule has 0 aliphatic carbocycles. The number of rotatable bonds is 1. The number of aliphatic hydroxyl groups excluding tert-OH is 1. The molecule has 0 aromatic carbocycles. The summed E-state index contributed by atoms with van der Waals surface area (Å²) in [5, 5.41) is 18.2. The van der Waals surface area contributed by atoms with Gasteiger partial charge in [0.25, 0.3) is 0 Å². The molecule has 14 heavy (non-hydrogen) atoms. The molecule has 0 spiro atoms. The molecular weight excluding hydrogens is 227 g/mol. The van der Waals surface area contributed by atoms with E-state index >= 15 is 0 Å². The van der Waals surface area contributed by atoms with Crippen LogP contribution in [0.5, 0.6) is 5.75 Å².